The molecule has 0 fully saturated rings. The molecule has 0 spiro atoms. The van der Waals surface area contributed by atoms with E-state index in [9.17, 15) is 13.9 Å². The molecule has 1 aromatic heterocycles. The van der Waals surface area contributed by atoms with Gasteiger partial charge in [-0.1, -0.05) is 18.2 Å². The van der Waals surface area contributed by atoms with Crippen molar-refractivity contribution in [1.82, 2.24) is 4.98 Å². The number of hydrogen-bond donors (Lipinski definition) is 1. The van der Waals surface area contributed by atoms with E-state index in [4.69, 9.17) is 4.74 Å². The lowest BCUT2D eigenvalue weighted by atomic mass is 10.1. The lowest BCUT2D eigenvalue weighted by Gasteiger charge is -2.10. The van der Waals surface area contributed by atoms with Crippen molar-refractivity contribution in [3.05, 3.63) is 65.9 Å². The van der Waals surface area contributed by atoms with Gasteiger partial charge in [-0.3, -0.25) is 0 Å². The highest BCUT2D eigenvalue weighted by Gasteiger charge is 2.10. The number of fused-ring (bicyclic) bond motifs is 1. The van der Waals surface area contributed by atoms with Crippen LogP contribution in [0.25, 0.3) is 10.8 Å². The van der Waals surface area contributed by atoms with E-state index in [1.807, 2.05) is 12.1 Å². The molecule has 0 amide bonds. The summed E-state index contributed by atoms with van der Waals surface area (Å²) >= 11 is 0. The summed E-state index contributed by atoms with van der Waals surface area (Å²) in [5.74, 6) is -1.18. The zero-order chi connectivity index (χ0) is 14.8. The molecule has 0 radical (unpaired) electrons. The summed E-state index contributed by atoms with van der Waals surface area (Å²) in [5.41, 5.74) is 0.656. The minimum atomic E-state index is -0.721. The lowest BCUT2D eigenvalue weighted by molar-refractivity contribution is 0.283. The van der Waals surface area contributed by atoms with Gasteiger partial charge in [0.05, 0.1) is 6.61 Å². The lowest BCUT2D eigenvalue weighted by Crippen LogP contribution is -1.94. The Bertz CT molecular complexity index is 785. The van der Waals surface area contributed by atoms with Crippen molar-refractivity contribution in [2.24, 2.45) is 0 Å². The molecule has 2 aromatic carbocycles. The summed E-state index contributed by atoms with van der Waals surface area (Å²) in [4.78, 5) is 4.11. The average Bonchev–Trinajstić information content (AvgIpc) is 2.46. The summed E-state index contributed by atoms with van der Waals surface area (Å²) in [5, 5.41) is 10.7. The molecule has 3 aromatic rings. The fourth-order valence-electron chi connectivity index (χ4n) is 2.13. The van der Waals surface area contributed by atoms with E-state index < -0.39 is 11.6 Å². The summed E-state index contributed by atoms with van der Waals surface area (Å²) in [6.07, 6.45) is 1.48. The van der Waals surface area contributed by atoms with E-state index in [1.54, 1.807) is 12.1 Å². The number of aromatic nitrogens is 1. The van der Waals surface area contributed by atoms with E-state index in [1.165, 1.54) is 6.20 Å². The molecule has 0 unspecified atom stereocenters. The van der Waals surface area contributed by atoms with Crippen molar-refractivity contribution in [3.63, 3.8) is 0 Å². The molecule has 0 aliphatic rings. The van der Waals surface area contributed by atoms with Gasteiger partial charge in [-0.25, -0.2) is 13.8 Å². The van der Waals surface area contributed by atoms with Gasteiger partial charge >= 0.3 is 0 Å². The highest BCUT2D eigenvalue weighted by molar-refractivity contribution is 5.89. The smallest absolute Gasteiger partial charge is 0.227 e. The van der Waals surface area contributed by atoms with Crippen molar-refractivity contribution in [2.75, 3.05) is 0 Å². The van der Waals surface area contributed by atoms with Gasteiger partial charge in [-0.15, -0.1) is 0 Å². The Hall–Kier alpha value is -2.53. The molecule has 0 saturated carbocycles. The first-order valence-corrected chi connectivity index (χ1v) is 6.29. The SMILES string of the molecule is OCc1cnc(Oc2cc(F)cc(F)c2)c2ccccc12. The van der Waals surface area contributed by atoms with Crippen LogP contribution in [-0.4, -0.2) is 10.1 Å². The first-order valence-electron chi connectivity index (χ1n) is 6.29. The third-order valence-corrected chi connectivity index (χ3v) is 3.06. The minimum absolute atomic E-state index is 0.0295. The number of pyridine rings is 1. The molecule has 0 aliphatic heterocycles. The van der Waals surface area contributed by atoms with E-state index in [-0.39, 0.29) is 18.2 Å². The first-order chi connectivity index (χ1) is 10.2. The van der Waals surface area contributed by atoms with Crippen LogP contribution in [0.4, 0.5) is 8.78 Å². The Kier molecular flexibility index (Phi) is 3.50. The van der Waals surface area contributed by atoms with Crippen LogP contribution < -0.4 is 4.74 Å². The Labute approximate surface area is 119 Å². The maximum absolute atomic E-state index is 13.2. The molecule has 3 nitrogen and oxygen atoms in total. The Morgan fingerprint density at radius 1 is 1.00 bits per heavy atom. The molecule has 0 aliphatic carbocycles. The minimum Gasteiger partial charge on any atom is -0.438 e. The van der Waals surface area contributed by atoms with E-state index in [0.717, 1.165) is 23.6 Å². The molecule has 106 valence electrons. The molecule has 5 heteroatoms. The quantitative estimate of drug-likeness (QED) is 0.796. The van der Waals surface area contributed by atoms with Gasteiger partial charge < -0.3 is 9.84 Å². The third-order valence-electron chi connectivity index (χ3n) is 3.06. The van der Waals surface area contributed by atoms with Gasteiger partial charge in [0.15, 0.2) is 0 Å². The van der Waals surface area contributed by atoms with Gasteiger partial charge in [-0.2, -0.15) is 0 Å². The van der Waals surface area contributed by atoms with Crippen LogP contribution in [-0.2, 0) is 6.61 Å². The zero-order valence-corrected chi connectivity index (χ0v) is 10.9. The highest BCUT2D eigenvalue weighted by atomic mass is 19.1. The van der Waals surface area contributed by atoms with E-state index >= 15 is 0 Å². The number of aliphatic hydroxyl groups excluding tert-OH is 1. The highest BCUT2D eigenvalue weighted by Crippen LogP contribution is 2.30. The van der Waals surface area contributed by atoms with E-state index in [0.29, 0.717) is 10.9 Å². The number of benzene rings is 2. The predicted molar refractivity (Wildman–Crippen MR) is 74.1 cm³/mol. The maximum Gasteiger partial charge on any atom is 0.227 e. The van der Waals surface area contributed by atoms with Crippen LogP contribution in [0.15, 0.2) is 48.7 Å². The summed E-state index contributed by atoms with van der Waals surface area (Å²) in [6, 6.07) is 10.2. The third kappa shape index (κ3) is 2.68. The van der Waals surface area contributed by atoms with Gasteiger partial charge in [0.2, 0.25) is 5.88 Å². The molecular formula is C16H11F2NO2. The van der Waals surface area contributed by atoms with Gasteiger partial charge in [0, 0.05) is 35.3 Å². The Balaban J connectivity index is 2.09. The molecule has 0 saturated heterocycles. The van der Waals surface area contributed by atoms with Crippen molar-refractivity contribution in [1.29, 1.82) is 0 Å². The van der Waals surface area contributed by atoms with Crippen LogP contribution >= 0.6 is 0 Å². The fourth-order valence-corrected chi connectivity index (χ4v) is 2.13. The Morgan fingerprint density at radius 2 is 1.67 bits per heavy atom. The Morgan fingerprint density at radius 3 is 2.33 bits per heavy atom. The molecule has 3 rings (SSSR count). The number of ether oxygens (including phenoxy) is 1. The molecule has 1 N–H and O–H groups in total. The molecular weight excluding hydrogens is 276 g/mol. The van der Waals surface area contributed by atoms with Crippen molar-refractivity contribution in [3.8, 4) is 11.6 Å². The monoisotopic (exact) mass is 287 g/mol. The number of hydrogen-bond acceptors (Lipinski definition) is 3. The van der Waals surface area contributed by atoms with Crippen LogP contribution in [0.5, 0.6) is 11.6 Å². The van der Waals surface area contributed by atoms with Crippen molar-refractivity contribution < 1.29 is 18.6 Å². The maximum atomic E-state index is 13.2. The van der Waals surface area contributed by atoms with Gasteiger partial charge in [0.25, 0.3) is 0 Å². The van der Waals surface area contributed by atoms with Crippen molar-refractivity contribution >= 4 is 10.8 Å². The summed E-state index contributed by atoms with van der Waals surface area (Å²) in [6.45, 7) is -0.150. The van der Waals surface area contributed by atoms with Gasteiger partial charge in [0.1, 0.15) is 17.4 Å². The average molecular weight is 287 g/mol. The summed E-state index contributed by atoms with van der Waals surface area (Å²) < 4.78 is 31.9. The topological polar surface area (TPSA) is 42.4 Å². The number of rotatable bonds is 3. The van der Waals surface area contributed by atoms with Crippen molar-refractivity contribution in [2.45, 2.75) is 6.61 Å². The van der Waals surface area contributed by atoms with Crippen LogP contribution in [0.3, 0.4) is 0 Å². The largest absolute Gasteiger partial charge is 0.438 e. The first kappa shape index (κ1) is 13.5. The summed E-state index contributed by atoms with van der Waals surface area (Å²) in [7, 11) is 0. The number of aliphatic hydroxyl groups is 1. The second-order valence-corrected chi connectivity index (χ2v) is 4.50. The normalized spacial score (nSPS) is 10.8. The standard InChI is InChI=1S/C16H11F2NO2/c17-11-5-12(18)7-13(6-11)21-16-15-4-2-1-3-14(15)10(9-20)8-19-16/h1-8,20H,9H2. The zero-order valence-electron chi connectivity index (χ0n) is 10.9. The second-order valence-electron chi connectivity index (χ2n) is 4.50. The van der Waals surface area contributed by atoms with E-state index in [2.05, 4.69) is 4.98 Å². The fraction of sp³-hybridized carbons (Fsp3) is 0.0625. The molecule has 21 heavy (non-hydrogen) atoms. The number of halogens is 2. The second kappa shape index (κ2) is 5.46. The molecule has 0 bridgehead atoms. The molecule has 0 atom stereocenters. The van der Waals surface area contributed by atoms with Crippen LogP contribution in [0.1, 0.15) is 5.56 Å². The van der Waals surface area contributed by atoms with Gasteiger partial charge in [-0.05, 0) is 11.5 Å². The predicted octanol–water partition coefficient (Wildman–Crippen LogP) is 3.80. The van der Waals surface area contributed by atoms with Crippen LogP contribution in [0.2, 0.25) is 0 Å². The van der Waals surface area contributed by atoms with Crippen LogP contribution in [0, 0.1) is 11.6 Å². The molecule has 1 heterocycles. The number of nitrogens with zero attached hydrogens (tertiary/aromatic N) is 1.